The minimum Gasteiger partial charge on any atom is -0.459 e. The molecular formula is C14H30N2O2. The van der Waals surface area contributed by atoms with Crippen LogP contribution in [0.4, 0.5) is 0 Å². The van der Waals surface area contributed by atoms with E-state index in [1.54, 1.807) is 0 Å². The molecule has 0 rings (SSSR count). The largest absolute Gasteiger partial charge is 0.459 e. The van der Waals surface area contributed by atoms with Crippen LogP contribution in [-0.2, 0) is 9.53 Å². The number of esters is 1. The third-order valence-electron chi connectivity index (χ3n) is 2.52. The van der Waals surface area contributed by atoms with Crippen LogP contribution in [0.2, 0.25) is 0 Å². The summed E-state index contributed by atoms with van der Waals surface area (Å²) >= 11 is 0. The van der Waals surface area contributed by atoms with Gasteiger partial charge in [0.15, 0.2) is 0 Å². The zero-order chi connectivity index (χ0) is 14.4. The van der Waals surface area contributed by atoms with Gasteiger partial charge in [0, 0.05) is 6.54 Å². The summed E-state index contributed by atoms with van der Waals surface area (Å²) in [5, 5.41) is 0. The Kier molecular flexibility index (Phi) is 6.86. The van der Waals surface area contributed by atoms with Crippen molar-refractivity contribution < 1.29 is 9.53 Å². The molecule has 0 atom stereocenters. The highest BCUT2D eigenvalue weighted by Gasteiger charge is 2.23. The van der Waals surface area contributed by atoms with E-state index in [-0.39, 0.29) is 11.4 Å². The van der Waals surface area contributed by atoms with Crippen LogP contribution >= 0.6 is 0 Å². The van der Waals surface area contributed by atoms with Crippen LogP contribution in [-0.4, -0.2) is 42.6 Å². The lowest BCUT2D eigenvalue weighted by molar-refractivity contribution is -0.156. The fraction of sp³-hybridized carbons (Fsp3) is 0.929. The summed E-state index contributed by atoms with van der Waals surface area (Å²) in [4.78, 5) is 13.9. The summed E-state index contributed by atoms with van der Waals surface area (Å²) < 4.78 is 5.35. The van der Waals surface area contributed by atoms with Crippen molar-refractivity contribution >= 4 is 5.97 Å². The van der Waals surface area contributed by atoms with E-state index in [0.29, 0.717) is 13.1 Å². The molecule has 0 bridgehead atoms. The van der Waals surface area contributed by atoms with Gasteiger partial charge >= 0.3 is 5.97 Å². The van der Waals surface area contributed by atoms with Crippen molar-refractivity contribution in [1.82, 2.24) is 4.90 Å². The maximum Gasteiger partial charge on any atom is 0.320 e. The van der Waals surface area contributed by atoms with E-state index in [9.17, 15) is 4.79 Å². The molecule has 18 heavy (non-hydrogen) atoms. The maximum atomic E-state index is 11.8. The molecule has 4 nitrogen and oxygen atoms in total. The van der Waals surface area contributed by atoms with Gasteiger partial charge in [-0.3, -0.25) is 9.69 Å². The standard InChI is InChI=1S/C14H30N2O2/c1-7-8-16(11-14(5,6)10-15)9-12(17)18-13(2,3)4/h7-11,15H2,1-6H3. The average molecular weight is 258 g/mol. The van der Waals surface area contributed by atoms with Gasteiger partial charge in [0.1, 0.15) is 5.60 Å². The molecule has 0 spiro atoms. The van der Waals surface area contributed by atoms with Crippen LogP contribution in [0.3, 0.4) is 0 Å². The molecule has 0 saturated heterocycles. The van der Waals surface area contributed by atoms with Gasteiger partial charge in [-0.2, -0.15) is 0 Å². The highest BCUT2D eigenvalue weighted by atomic mass is 16.6. The smallest absolute Gasteiger partial charge is 0.320 e. The second-order valence-electron chi connectivity index (χ2n) is 6.67. The van der Waals surface area contributed by atoms with Crippen LogP contribution in [0.15, 0.2) is 0 Å². The minimum absolute atomic E-state index is 0.0250. The molecule has 108 valence electrons. The van der Waals surface area contributed by atoms with E-state index < -0.39 is 5.60 Å². The Morgan fingerprint density at radius 1 is 1.22 bits per heavy atom. The molecule has 0 aromatic rings. The fourth-order valence-electron chi connectivity index (χ4n) is 1.76. The minimum atomic E-state index is -0.418. The monoisotopic (exact) mass is 258 g/mol. The molecule has 0 amide bonds. The summed E-state index contributed by atoms with van der Waals surface area (Å²) in [6, 6.07) is 0. The van der Waals surface area contributed by atoms with Crippen LogP contribution in [0.5, 0.6) is 0 Å². The Morgan fingerprint density at radius 2 is 1.78 bits per heavy atom. The number of carbonyl (C=O) groups excluding carboxylic acids is 1. The molecule has 2 N–H and O–H groups in total. The zero-order valence-electron chi connectivity index (χ0n) is 12.9. The first kappa shape index (κ1) is 17.4. The van der Waals surface area contributed by atoms with E-state index in [4.69, 9.17) is 10.5 Å². The molecule has 0 aromatic carbocycles. The van der Waals surface area contributed by atoms with Crippen molar-refractivity contribution in [2.24, 2.45) is 11.1 Å². The van der Waals surface area contributed by atoms with Gasteiger partial charge in [-0.1, -0.05) is 20.8 Å². The summed E-state index contributed by atoms with van der Waals surface area (Å²) in [6.07, 6.45) is 1.02. The second kappa shape index (κ2) is 7.10. The van der Waals surface area contributed by atoms with Gasteiger partial charge in [0.2, 0.25) is 0 Å². The molecule has 0 unspecified atom stereocenters. The lowest BCUT2D eigenvalue weighted by Crippen LogP contribution is -2.42. The van der Waals surface area contributed by atoms with Crippen LogP contribution in [0.1, 0.15) is 48.0 Å². The number of rotatable bonds is 7. The second-order valence-corrected chi connectivity index (χ2v) is 6.67. The van der Waals surface area contributed by atoms with Gasteiger partial charge in [-0.05, 0) is 45.7 Å². The topological polar surface area (TPSA) is 55.6 Å². The molecule has 4 heteroatoms. The maximum absolute atomic E-state index is 11.8. The highest BCUT2D eigenvalue weighted by molar-refractivity contribution is 5.72. The van der Waals surface area contributed by atoms with Gasteiger partial charge in [-0.25, -0.2) is 0 Å². The first-order valence-electron chi connectivity index (χ1n) is 6.74. The van der Waals surface area contributed by atoms with E-state index in [1.807, 2.05) is 20.8 Å². The van der Waals surface area contributed by atoms with Crippen molar-refractivity contribution in [1.29, 1.82) is 0 Å². The Morgan fingerprint density at radius 3 is 2.17 bits per heavy atom. The van der Waals surface area contributed by atoms with Crippen molar-refractivity contribution in [2.75, 3.05) is 26.2 Å². The van der Waals surface area contributed by atoms with Crippen molar-refractivity contribution in [3.8, 4) is 0 Å². The number of hydrogen-bond donors (Lipinski definition) is 1. The predicted molar refractivity (Wildman–Crippen MR) is 75.4 cm³/mol. The van der Waals surface area contributed by atoms with E-state index in [0.717, 1.165) is 19.5 Å². The van der Waals surface area contributed by atoms with Gasteiger partial charge in [-0.15, -0.1) is 0 Å². The third kappa shape index (κ3) is 8.48. The number of nitrogens with zero attached hydrogens (tertiary/aromatic N) is 1. The van der Waals surface area contributed by atoms with E-state index >= 15 is 0 Å². The first-order valence-corrected chi connectivity index (χ1v) is 6.74. The lowest BCUT2D eigenvalue weighted by atomic mass is 9.93. The molecule has 0 fully saturated rings. The molecular weight excluding hydrogens is 228 g/mol. The van der Waals surface area contributed by atoms with Crippen molar-refractivity contribution in [2.45, 2.75) is 53.6 Å². The molecule has 0 aromatic heterocycles. The Labute approximate surface area is 112 Å². The summed E-state index contributed by atoms with van der Waals surface area (Å²) in [7, 11) is 0. The third-order valence-corrected chi connectivity index (χ3v) is 2.52. The highest BCUT2D eigenvalue weighted by Crippen LogP contribution is 2.15. The Hall–Kier alpha value is -0.610. The average Bonchev–Trinajstić information content (AvgIpc) is 2.14. The van der Waals surface area contributed by atoms with Crippen LogP contribution in [0.25, 0.3) is 0 Å². The summed E-state index contributed by atoms with van der Waals surface area (Å²) in [6.45, 7) is 14.7. The van der Waals surface area contributed by atoms with E-state index in [1.165, 1.54) is 0 Å². The van der Waals surface area contributed by atoms with Crippen molar-refractivity contribution in [3.05, 3.63) is 0 Å². The fourth-order valence-corrected chi connectivity index (χ4v) is 1.76. The zero-order valence-corrected chi connectivity index (χ0v) is 12.9. The number of ether oxygens (including phenoxy) is 1. The summed E-state index contributed by atoms with van der Waals surface area (Å²) in [5.41, 5.74) is 5.35. The number of carbonyl (C=O) groups is 1. The molecule has 0 aliphatic rings. The van der Waals surface area contributed by atoms with Crippen LogP contribution < -0.4 is 5.73 Å². The van der Waals surface area contributed by atoms with Gasteiger partial charge < -0.3 is 10.5 Å². The Balaban J connectivity index is 4.40. The lowest BCUT2D eigenvalue weighted by Gasteiger charge is -2.31. The molecule has 0 saturated carbocycles. The molecule has 0 aliphatic carbocycles. The number of hydrogen-bond acceptors (Lipinski definition) is 4. The predicted octanol–water partition coefficient (Wildman–Crippen LogP) is 2.02. The van der Waals surface area contributed by atoms with Gasteiger partial charge in [0.05, 0.1) is 6.54 Å². The molecule has 0 heterocycles. The van der Waals surface area contributed by atoms with Gasteiger partial charge in [0.25, 0.3) is 0 Å². The first-order chi connectivity index (χ1) is 8.09. The van der Waals surface area contributed by atoms with Crippen LogP contribution in [0, 0.1) is 5.41 Å². The quantitative estimate of drug-likeness (QED) is 0.710. The summed E-state index contributed by atoms with van der Waals surface area (Å²) in [5.74, 6) is -0.163. The van der Waals surface area contributed by atoms with Crippen molar-refractivity contribution in [3.63, 3.8) is 0 Å². The molecule has 0 radical (unpaired) electrons. The Bertz CT molecular complexity index is 257. The molecule has 0 aliphatic heterocycles. The van der Waals surface area contributed by atoms with E-state index in [2.05, 4.69) is 25.7 Å². The SMILES string of the molecule is CCCN(CC(=O)OC(C)(C)C)CC(C)(C)CN. The normalized spacial score (nSPS) is 12.9. The number of nitrogens with two attached hydrogens (primary N) is 1.